The van der Waals surface area contributed by atoms with Gasteiger partial charge in [-0.25, -0.2) is 0 Å². The first-order valence-electron chi connectivity index (χ1n) is 8.26. The van der Waals surface area contributed by atoms with E-state index in [1.165, 1.54) is 0 Å². The number of aromatic nitrogens is 1. The number of nitrogens with two attached hydrogens (primary N) is 1. The second kappa shape index (κ2) is 7.21. The van der Waals surface area contributed by atoms with Gasteiger partial charge in [-0.05, 0) is 30.7 Å². The van der Waals surface area contributed by atoms with Gasteiger partial charge in [0.25, 0.3) is 0 Å². The van der Waals surface area contributed by atoms with Gasteiger partial charge in [0.1, 0.15) is 0 Å². The van der Waals surface area contributed by atoms with Gasteiger partial charge in [0.15, 0.2) is 0 Å². The molecule has 2 amide bonds. The third-order valence-corrected chi connectivity index (χ3v) is 4.31. The van der Waals surface area contributed by atoms with Crippen LogP contribution in [0.2, 0.25) is 0 Å². The van der Waals surface area contributed by atoms with Crippen molar-refractivity contribution in [3.05, 3.63) is 65.9 Å². The molecule has 0 aliphatic rings. The number of fused-ring (bicyclic) bond motifs is 1. The molecule has 0 saturated heterocycles. The number of benzene rings is 2. The first-order chi connectivity index (χ1) is 12.1. The van der Waals surface area contributed by atoms with Gasteiger partial charge < -0.3 is 15.6 Å². The van der Waals surface area contributed by atoms with E-state index in [0.29, 0.717) is 0 Å². The van der Waals surface area contributed by atoms with Crippen LogP contribution in [0.15, 0.2) is 54.6 Å². The average molecular weight is 335 g/mol. The molecule has 3 N–H and O–H groups in total. The minimum atomic E-state index is -0.419. The molecule has 1 heterocycles. The maximum atomic E-state index is 13.0. The summed E-state index contributed by atoms with van der Waals surface area (Å²) < 4.78 is 0. The molecule has 0 aliphatic heterocycles. The number of carbonyl (C=O) groups is 2. The van der Waals surface area contributed by atoms with Crippen LogP contribution in [0, 0.1) is 6.92 Å². The van der Waals surface area contributed by atoms with Gasteiger partial charge in [0, 0.05) is 35.2 Å². The highest BCUT2D eigenvalue weighted by atomic mass is 16.2. The van der Waals surface area contributed by atoms with E-state index >= 15 is 0 Å². The van der Waals surface area contributed by atoms with Gasteiger partial charge >= 0.3 is 0 Å². The third-order valence-electron chi connectivity index (χ3n) is 4.31. The van der Waals surface area contributed by atoms with Gasteiger partial charge in [-0.15, -0.1) is 0 Å². The zero-order valence-corrected chi connectivity index (χ0v) is 14.2. The molecule has 0 spiro atoms. The van der Waals surface area contributed by atoms with Crippen LogP contribution in [0.4, 0.5) is 5.69 Å². The number of para-hydroxylation sites is 2. The molecule has 25 heavy (non-hydrogen) atoms. The Morgan fingerprint density at radius 3 is 2.44 bits per heavy atom. The molecule has 3 aromatic rings. The van der Waals surface area contributed by atoms with E-state index in [2.05, 4.69) is 4.98 Å². The highest BCUT2D eigenvalue weighted by Gasteiger charge is 2.19. The summed E-state index contributed by atoms with van der Waals surface area (Å²) in [7, 11) is 0. The summed E-state index contributed by atoms with van der Waals surface area (Å²) in [5.41, 5.74) is 9.03. The Labute approximate surface area is 146 Å². The molecule has 128 valence electrons. The molecule has 0 saturated carbocycles. The largest absolute Gasteiger partial charge is 0.370 e. The lowest BCUT2D eigenvalue weighted by molar-refractivity contribution is -0.118. The van der Waals surface area contributed by atoms with Crippen molar-refractivity contribution in [1.82, 2.24) is 4.98 Å². The van der Waals surface area contributed by atoms with Gasteiger partial charge in [0.2, 0.25) is 11.8 Å². The molecule has 0 bridgehead atoms. The summed E-state index contributed by atoms with van der Waals surface area (Å²) in [6.45, 7) is 2.25. The lowest BCUT2D eigenvalue weighted by atomic mass is 10.1. The van der Waals surface area contributed by atoms with E-state index in [9.17, 15) is 9.59 Å². The second-order valence-corrected chi connectivity index (χ2v) is 6.05. The van der Waals surface area contributed by atoms with Crippen molar-refractivity contribution >= 4 is 28.4 Å². The quantitative estimate of drug-likeness (QED) is 0.726. The predicted molar refractivity (Wildman–Crippen MR) is 99.3 cm³/mol. The Bertz CT molecular complexity index is 900. The van der Waals surface area contributed by atoms with E-state index in [0.717, 1.165) is 27.8 Å². The number of amides is 2. The second-order valence-electron chi connectivity index (χ2n) is 6.05. The fourth-order valence-electron chi connectivity index (χ4n) is 3.04. The number of rotatable bonds is 6. The van der Waals surface area contributed by atoms with Crippen LogP contribution in [-0.4, -0.2) is 23.3 Å². The van der Waals surface area contributed by atoms with Crippen molar-refractivity contribution in [3.8, 4) is 0 Å². The number of hydrogen-bond acceptors (Lipinski definition) is 2. The first kappa shape index (κ1) is 16.8. The Kier molecular flexibility index (Phi) is 4.84. The Morgan fingerprint density at radius 1 is 1.04 bits per heavy atom. The standard InChI is InChI=1S/C20H21N3O2/c1-14-17(16-9-5-6-10-18(16)22-14)13-20(25)23(12-11-19(21)24)15-7-3-2-4-8-15/h2-10,22H,11-13H2,1H3,(H2,21,24). The first-order valence-corrected chi connectivity index (χ1v) is 8.26. The van der Waals surface area contributed by atoms with Crippen molar-refractivity contribution in [1.29, 1.82) is 0 Å². The zero-order chi connectivity index (χ0) is 17.8. The zero-order valence-electron chi connectivity index (χ0n) is 14.2. The summed E-state index contributed by atoms with van der Waals surface area (Å²) in [5, 5.41) is 1.05. The molecule has 5 nitrogen and oxygen atoms in total. The summed E-state index contributed by atoms with van der Waals surface area (Å²) in [5.74, 6) is -0.475. The van der Waals surface area contributed by atoms with Crippen LogP contribution in [0.1, 0.15) is 17.7 Å². The number of anilines is 1. The fourth-order valence-corrected chi connectivity index (χ4v) is 3.04. The van der Waals surface area contributed by atoms with E-state index in [4.69, 9.17) is 5.73 Å². The van der Waals surface area contributed by atoms with E-state index in [1.54, 1.807) is 4.90 Å². The number of nitrogens with one attached hydrogen (secondary N) is 1. The van der Waals surface area contributed by atoms with Crippen LogP contribution in [0.3, 0.4) is 0 Å². The highest BCUT2D eigenvalue weighted by molar-refractivity contribution is 5.98. The summed E-state index contributed by atoms with van der Waals surface area (Å²) >= 11 is 0. The van der Waals surface area contributed by atoms with Gasteiger partial charge in [-0.2, -0.15) is 0 Å². The van der Waals surface area contributed by atoms with Crippen LogP contribution in [0.25, 0.3) is 10.9 Å². The molecule has 1 aromatic heterocycles. The van der Waals surface area contributed by atoms with Crippen molar-refractivity contribution in [2.75, 3.05) is 11.4 Å². The monoisotopic (exact) mass is 335 g/mol. The number of aryl methyl sites for hydroxylation is 1. The molecule has 2 aromatic carbocycles. The number of nitrogens with zero attached hydrogens (tertiary/aromatic N) is 1. The maximum Gasteiger partial charge on any atom is 0.231 e. The van der Waals surface area contributed by atoms with Crippen LogP contribution in [-0.2, 0) is 16.0 Å². The number of hydrogen-bond donors (Lipinski definition) is 2. The van der Waals surface area contributed by atoms with Crippen molar-refractivity contribution in [2.24, 2.45) is 5.73 Å². The Morgan fingerprint density at radius 2 is 1.72 bits per heavy atom. The third kappa shape index (κ3) is 3.71. The topological polar surface area (TPSA) is 79.2 Å². The van der Waals surface area contributed by atoms with Crippen LogP contribution >= 0.6 is 0 Å². The minimum absolute atomic E-state index is 0.0553. The highest BCUT2D eigenvalue weighted by Crippen LogP contribution is 2.24. The summed E-state index contributed by atoms with van der Waals surface area (Å²) in [6.07, 6.45) is 0.400. The van der Waals surface area contributed by atoms with Gasteiger partial charge in [-0.1, -0.05) is 36.4 Å². The lowest BCUT2D eigenvalue weighted by Crippen LogP contribution is -2.35. The smallest absolute Gasteiger partial charge is 0.231 e. The van der Waals surface area contributed by atoms with Crippen LogP contribution < -0.4 is 10.6 Å². The molecule has 0 unspecified atom stereocenters. The minimum Gasteiger partial charge on any atom is -0.370 e. The molecule has 0 radical (unpaired) electrons. The molecular formula is C20H21N3O2. The summed E-state index contributed by atoms with van der Waals surface area (Å²) in [6, 6.07) is 17.3. The fraction of sp³-hybridized carbons (Fsp3) is 0.200. The Balaban J connectivity index is 1.89. The normalized spacial score (nSPS) is 10.8. The molecule has 3 rings (SSSR count). The van der Waals surface area contributed by atoms with Crippen molar-refractivity contribution in [3.63, 3.8) is 0 Å². The molecule has 0 fully saturated rings. The Hall–Kier alpha value is -3.08. The summed E-state index contributed by atoms with van der Waals surface area (Å²) in [4.78, 5) is 29.1. The van der Waals surface area contributed by atoms with Crippen molar-refractivity contribution in [2.45, 2.75) is 19.8 Å². The van der Waals surface area contributed by atoms with Crippen molar-refractivity contribution < 1.29 is 9.59 Å². The maximum absolute atomic E-state index is 13.0. The molecule has 5 heteroatoms. The van der Waals surface area contributed by atoms with E-state index in [-0.39, 0.29) is 25.3 Å². The van der Waals surface area contributed by atoms with Gasteiger partial charge in [0.05, 0.1) is 6.42 Å². The molecular weight excluding hydrogens is 314 g/mol. The van der Waals surface area contributed by atoms with Crippen LogP contribution in [0.5, 0.6) is 0 Å². The van der Waals surface area contributed by atoms with E-state index in [1.807, 2.05) is 61.5 Å². The predicted octanol–water partition coefficient (Wildman–Crippen LogP) is 2.93. The number of carbonyl (C=O) groups excluding carboxylic acids is 2. The average Bonchev–Trinajstić information content (AvgIpc) is 2.91. The SMILES string of the molecule is Cc1[nH]c2ccccc2c1CC(=O)N(CCC(N)=O)c1ccccc1. The number of aromatic amines is 1. The number of H-pyrrole nitrogens is 1. The lowest BCUT2D eigenvalue weighted by Gasteiger charge is -2.22. The van der Waals surface area contributed by atoms with Gasteiger partial charge in [-0.3, -0.25) is 9.59 Å². The molecule has 0 aliphatic carbocycles. The number of primary amides is 1. The van der Waals surface area contributed by atoms with E-state index < -0.39 is 5.91 Å². The molecule has 0 atom stereocenters.